The molecule has 0 spiro atoms. The highest BCUT2D eigenvalue weighted by atomic mass is 32.1. The summed E-state index contributed by atoms with van der Waals surface area (Å²) in [7, 11) is 0. The minimum atomic E-state index is -1.22. The van der Waals surface area contributed by atoms with Gasteiger partial charge in [-0.05, 0) is 56.7 Å². The molecule has 1 aromatic carbocycles. The first-order valence-corrected chi connectivity index (χ1v) is 13.3. The van der Waals surface area contributed by atoms with E-state index in [2.05, 4.69) is 18.0 Å². The number of aliphatic hydroxyl groups excluding tert-OH is 2. The molecule has 0 aliphatic carbocycles. The van der Waals surface area contributed by atoms with E-state index >= 15 is 0 Å². The molecule has 0 bridgehead atoms. The van der Waals surface area contributed by atoms with Gasteiger partial charge in [0.05, 0.1) is 39.3 Å². The van der Waals surface area contributed by atoms with Gasteiger partial charge in [0.1, 0.15) is 11.9 Å². The third kappa shape index (κ3) is 6.57. The molecule has 35 heavy (non-hydrogen) atoms. The molecule has 192 valence electrons. The number of aryl methyl sites for hydroxylation is 1. The minimum Gasteiger partial charge on any atom is -0.457 e. The van der Waals surface area contributed by atoms with Crippen molar-refractivity contribution in [2.75, 3.05) is 0 Å². The van der Waals surface area contributed by atoms with Crippen molar-refractivity contribution in [1.82, 2.24) is 4.98 Å². The molecule has 0 radical (unpaired) electrons. The lowest BCUT2D eigenvalue weighted by atomic mass is 9.73. The van der Waals surface area contributed by atoms with Crippen LogP contribution in [0.1, 0.15) is 83.4 Å². The highest BCUT2D eigenvalue weighted by Crippen LogP contribution is 2.34. The normalized spacial score (nSPS) is 29.6. The maximum atomic E-state index is 13.2. The molecule has 0 amide bonds. The van der Waals surface area contributed by atoms with Crippen molar-refractivity contribution in [2.45, 2.75) is 92.0 Å². The molecule has 2 N–H and O–H groups in total. The van der Waals surface area contributed by atoms with Crippen molar-refractivity contribution in [2.24, 2.45) is 17.3 Å². The van der Waals surface area contributed by atoms with E-state index in [0.717, 1.165) is 40.1 Å². The van der Waals surface area contributed by atoms with Crippen molar-refractivity contribution >= 4 is 33.3 Å². The number of esters is 1. The quantitative estimate of drug-likeness (QED) is 0.385. The third-order valence-electron chi connectivity index (χ3n) is 7.41. The number of aliphatic hydroxyl groups is 2. The highest BCUT2D eigenvalue weighted by molar-refractivity contribution is 7.18. The van der Waals surface area contributed by atoms with Crippen LogP contribution in [0.2, 0.25) is 0 Å². The summed E-state index contributed by atoms with van der Waals surface area (Å²) in [6.45, 7) is 11.0. The Hall–Kier alpha value is -2.09. The van der Waals surface area contributed by atoms with E-state index in [-0.39, 0.29) is 18.1 Å². The number of allylic oxidation sites excluding steroid dienone is 1. The zero-order chi connectivity index (χ0) is 25.9. The van der Waals surface area contributed by atoms with Crippen molar-refractivity contribution < 1.29 is 24.5 Å². The maximum Gasteiger partial charge on any atom is 0.309 e. The van der Waals surface area contributed by atoms with Gasteiger partial charge in [-0.3, -0.25) is 9.59 Å². The predicted octanol–water partition coefficient (Wildman–Crippen LogP) is 5.69. The summed E-state index contributed by atoms with van der Waals surface area (Å²) in [5, 5.41) is 22.6. The second-order valence-corrected chi connectivity index (χ2v) is 11.9. The molecule has 2 aromatic rings. The van der Waals surface area contributed by atoms with Crippen LogP contribution in [0.4, 0.5) is 0 Å². The Labute approximate surface area is 212 Å². The molecule has 0 saturated carbocycles. The third-order valence-corrected chi connectivity index (χ3v) is 8.35. The van der Waals surface area contributed by atoms with E-state index in [0.29, 0.717) is 6.42 Å². The number of nitrogens with zero attached hydrogens (tertiary/aromatic N) is 1. The van der Waals surface area contributed by atoms with E-state index in [4.69, 9.17) is 4.74 Å². The first kappa shape index (κ1) is 27.5. The molecule has 1 aliphatic rings. The van der Waals surface area contributed by atoms with Crippen molar-refractivity contribution in [1.29, 1.82) is 0 Å². The van der Waals surface area contributed by atoms with E-state index in [1.54, 1.807) is 32.1 Å². The lowest BCUT2D eigenvalue weighted by Gasteiger charge is -2.34. The fourth-order valence-electron chi connectivity index (χ4n) is 4.81. The van der Waals surface area contributed by atoms with Crippen LogP contribution in [-0.4, -0.2) is 39.2 Å². The first-order chi connectivity index (χ1) is 16.4. The number of Topliss-reactive ketones (excluding diaryl/α,β-unsaturated/α-hetero) is 1. The largest absolute Gasteiger partial charge is 0.457 e. The number of carbonyl (C=O) groups is 2. The second kappa shape index (κ2) is 11.3. The van der Waals surface area contributed by atoms with Gasteiger partial charge in [0.25, 0.3) is 0 Å². The lowest BCUT2D eigenvalue weighted by molar-refractivity contribution is -0.155. The van der Waals surface area contributed by atoms with E-state index in [9.17, 15) is 19.8 Å². The number of ketones is 1. The summed E-state index contributed by atoms with van der Waals surface area (Å²) in [4.78, 5) is 30.7. The fourth-order valence-corrected chi connectivity index (χ4v) is 5.69. The van der Waals surface area contributed by atoms with Gasteiger partial charge < -0.3 is 14.9 Å². The van der Waals surface area contributed by atoms with Gasteiger partial charge in [0.15, 0.2) is 0 Å². The molecule has 0 saturated heterocycles. The molecule has 5 atom stereocenters. The Bertz CT molecular complexity index is 1090. The van der Waals surface area contributed by atoms with Crippen LogP contribution in [0.5, 0.6) is 0 Å². The van der Waals surface area contributed by atoms with Gasteiger partial charge in [-0.2, -0.15) is 0 Å². The first-order valence-electron chi connectivity index (χ1n) is 12.5. The van der Waals surface area contributed by atoms with E-state index in [1.807, 2.05) is 32.0 Å². The van der Waals surface area contributed by atoms with Crippen molar-refractivity contribution in [3.8, 4) is 0 Å². The predicted molar refractivity (Wildman–Crippen MR) is 139 cm³/mol. The Balaban J connectivity index is 1.91. The van der Waals surface area contributed by atoms with Gasteiger partial charge >= 0.3 is 5.97 Å². The maximum absolute atomic E-state index is 13.2. The Morgan fingerprint density at radius 2 is 1.86 bits per heavy atom. The van der Waals surface area contributed by atoms with Gasteiger partial charge in [-0.25, -0.2) is 4.98 Å². The fraction of sp³-hybridized carbons (Fsp3) is 0.607. The average Bonchev–Trinajstić information content (AvgIpc) is 3.18. The number of benzene rings is 1. The number of rotatable bonds is 1. The minimum absolute atomic E-state index is 0.0464. The molecule has 5 unspecified atom stereocenters. The van der Waals surface area contributed by atoms with Gasteiger partial charge in [0.2, 0.25) is 0 Å². The summed E-state index contributed by atoms with van der Waals surface area (Å²) < 4.78 is 6.92. The zero-order valence-corrected chi connectivity index (χ0v) is 22.5. The monoisotopic (exact) mass is 501 g/mol. The Morgan fingerprint density at radius 3 is 2.57 bits per heavy atom. The number of hydrogen-bond donors (Lipinski definition) is 2. The van der Waals surface area contributed by atoms with Crippen molar-refractivity contribution in [3.63, 3.8) is 0 Å². The molecule has 2 heterocycles. The summed E-state index contributed by atoms with van der Waals surface area (Å²) in [5.41, 5.74) is 1.81. The molecular weight excluding hydrogens is 462 g/mol. The lowest BCUT2D eigenvalue weighted by Crippen LogP contribution is -2.45. The molecule has 7 heteroatoms. The zero-order valence-electron chi connectivity index (χ0n) is 21.7. The van der Waals surface area contributed by atoms with Crippen LogP contribution in [0.15, 0.2) is 29.8 Å². The van der Waals surface area contributed by atoms with E-state index in [1.165, 1.54) is 5.57 Å². The number of cyclic esters (lactones) is 1. The summed E-state index contributed by atoms with van der Waals surface area (Å²) in [6, 6.07) is 5.91. The Kier molecular flexibility index (Phi) is 8.89. The summed E-state index contributed by atoms with van der Waals surface area (Å²) >= 11 is 1.60. The van der Waals surface area contributed by atoms with E-state index < -0.39 is 35.6 Å². The van der Waals surface area contributed by atoms with Gasteiger partial charge in [-0.1, -0.05) is 45.4 Å². The number of fused-ring (bicyclic) bond motifs is 1. The Morgan fingerprint density at radius 1 is 1.14 bits per heavy atom. The molecule has 3 rings (SSSR count). The molecule has 1 aliphatic heterocycles. The molecule has 1 aromatic heterocycles. The van der Waals surface area contributed by atoms with Crippen LogP contribution in [0, 0.1) is 24.2 Å². The highest BCUT2D eigenvalue weighted by Gasteiger charge is 2.42. The number of ether oxygens (including phenoxy) is 1. The van der Waals surface area contributed by atoms with Gasteiger partial charge in [-0.15, -0.1) is 11.3 Å². The van der Waals surface area contributed by atoms with Crippen molar-refractivity contribution in [3.05, 3.63) is 40.4 Å². The second-order valence-electron chi connectivity index (χ2n) is 10.7. The number of carbonyl (C=O) groups excluding carboxylic acids is 2. The topological polar surface area (TPSA) is 96.7 Å². The average molecular weight is 502 g/mol. The van der Waals surface area contributed by atoms with Crippen LogP contribution in [-0.2, 0) is 14.3 Å². The van der Waals surface area contributed by atoms with Crippen LogP contribution in [0.25, 0.3) is 10.2 Å². The SMILES string of the molecule is CC1=CCC(c2ccc3nc(C)sc3c2)OC(=O)CC(O)C(C)(C)C(=O)C(C)C(O)C(C)CCC1. The number of thiazole rings is 1. The van der Waals surface area contributed by atoms with Gasteiger partial charge in [0, 0.05) is 12.3 Å². The molecular formula is C28H39NO5S. The van der Waals surface area contributed by atoms with Crippen LogP contribution in [0.3, 0.4) is 0 Å². The smallest absolute Gasteiger partial charge is 0.309 e. The standard InChI is InChI=1S/C28H39NO5S/c1-16-8-7-9-17(2)26(32)18(3)27(33)28(5,6)24(30)15-25(31)34-22(13-10-16)20-11-12-21-23(14-20)35-19(4)29-21/h10-12,14,17-18,22,24,26,30,32H,7-9,13,15H2,1-6H3. The molecule has 6 nitrogen and oxygen atoms in total. The number of hydrogen-bond acceptors (Lipinski definition) is 7. The van der Waals surface area contributed by atoms with Crippen LogP contribution < -0.4 is 0 Å². The van der Waals surface area contributed by atoms with Crippen LogP contribution >= 0.6 is 11.3 Å². The molecule has 0 fully saturated rings. The summed E-state index contributed by atoms with van der Waals surface area (Å²) in [5.74, 6) is -1.49. The number of aromatic nitrogens is 1. The summed E-state index contributed by atoms with van der Waals surface area (Å²) in [6.07, 6.45) is 2.39.